The average molecular weight is 285 g/mol. The Bertz CT molecular complexity index is 223. The number of hydrogen-bond acceptors (Lipinski definition) is 3. The molecule has 0 aromatic rings. The maximum atomic E-state index is 5.66. The first-order valence-corrected chi connectivity index (χ1v) is 8.61. The van der Waals surface area contributed by atoms with Crippen LogP contribution in [0.4, 0.5) is 0 Å². The summed E-state index contributed by atoms with van der Waals surface area (Å²) >= 11 is 0. The highest BCUT2D eigenvalue weighted by molar-refractivity contribution is 4.82. The van der Waals surface area contributed by atoms with Crippen LogP contribution in [-0.4, -0.2) is 39.5 Å². The zero-order valence-electron chi connectivity index (χ0n) is 13.8. The third-order valence-electron chi connectivity index (χ3n) is 4.63. The Morgan fingerprint density at radius 1 is 1.15 bits per heavy atom. The highest BCUT2D eigenvalue weighted by atomic mass is 16.5. The van der Waals surface area contributed by atoms with E-state index in [2.05, 4.69) is 19.2 Å². The minimum atomic E-state index is 0.645. The van der Waals surface area contributed by atoms with Crippen LogP contribution in [0.5, 0.6) is 0 Å². The van der Waals surface area contributed by atoms with Crippen molar-refractivity contribution in [2.24, 2.45) is 11.8 Å². The molecule has 1 N–H and O–H groups in total. The quantitative estimate of drug-likeness (QED) is 0.588. The molecule has 0 aromatic carbocycles. The van der Waals surface area contributed by atoms with Crippen molar-refractivity contribution in [3.05, 3.63) is 0 Å². The first kappa shape index (κ1) is 17.9. The Morgan fingerprint density at radius 3 is 2.70 bits per heavy atom. The summed E-state index contributed by atoms with van der Waals surface area (Å²) in [6.07, 6.45) is 9.37. The van der Waals surface area contributed by atoms with Crippen LogP contribution < -0.4 is 5.32 Å². The van der Waals surface area contributed by atoms with E-state index in [1.165, 1.54) is 38.5 Å². The second kappa shape index (κ2) is 11.5. The van der Waals surface area contributed by atoms with Gasteiger partial charge >= 0.3 is 0 Å². The van der Waals surface area contributed by atoms with E-state index in [1.54, 1.807) is 7.11 Å². The van der Waals surface area contributed by atoms with Crippen molar-refractivity contribution in [3.63, 3.8) is 0 Å². The maximum Gasteiger partial charge on any atom is 0.0700 e. The first-order valence-electron chi connectivity index (χ1n) is 8.61. The molecule has 0 saturated heterocycles. The monoisotopic (exact) mass is 285 g/mol. The predicted molar refractivity (Wildman–Crippen MR) is 85.1 cm³/mol. The van der Waals surface area contributed by atoms with Gasteiger partial charge in [0.2, 0.25) is 0 Å². The Morgan fingerprint density at radius 2 is 2.00 bits per heavy atom. The smallest absolute Gasteiger partial charge is 0.0700 e. The fourth-order valence-corrected chi connectivity index (χ4v) is 3.36. The van der Waals surface area contributed by atoms with Crippen molar-refractivity contribution >= 4 is 0 Å². The van der Waals surface area contributed by atoms with Crippen LogP contribution in [0.1, 0.15) is 58.8 Å². The van der Waals surface area contributed by atoms with Crippen molar-refractivity contribution in [1.82, 2.24) is 5.32 Å². The fraction of sp³-hybridized carbons (Fsp3) is 1.00. The molecule has 3 atom stereocenters. The lowest BCUT2D eigenvalue weighted by atomic mass is 9.76. The first-order chi connectivity index (χ1) is 9.81. The number of hydrogen-bond donors (Lipinski definition) is 1. The van der Waals surface area contributed by atoms with Crippen LogP contribution in [0, 0.1) is 11.8 Å². The zero-order chi connectivity index (χ0) is 14.6. The molecule has 1 rings (SSSR count). The second-order valence-corrected chi connectivity index (χ2v) is 6.16. The molecule has 0 amide bonds. The number of methoxy groups -OCH3 is 1. The van der Waals surface area contributed by atoms with E-state index < -0.39 is 0 Å². The number of nitrogens with one attached hydrogen (secondary N) is 1. The largest absolute Gasteiger partial charge is 0.382 e. The van der Waals surface area contributed by atoms with Crippen molar-refractivity contribution in [3.8, 4) is 0 Å². The molecule has 0 radical (unpaired) electrons. The van der Waals surface area contributed by atoms with Crippen LogP contribution >= 0.6 is 0 Å². The summed E-state index contributed by atoms with van der Waals surface area (Å²) in [5, 5.41) is 3.76. The van der Waals surface area contributed by atoms with Crippen LogP contribution in [0.3, 0.4) is 0 Å². The molecule has 0 aliphatic heterocycles. The van der Waals surface area contributed by atoms with Gasteiger partial charge in [-0.05, 0) is 44.1 Å². The number of rotatable bonds is 11. The van der Waals surface area contributed by atoms with Gasteiger partial charge in [0, 0.05) is 19.8 Å². The molecule has 1 aliphatic rings. The topological polar surface area (TPSA) is 30.5 Å². The molecule has 0 heterocycles. The summed E-state index contributed by atoms with van der Waals surface area (Å²) in [6, 6.07) is 0.645. The molecule has 0 spiro atoms. The number of ether oxygens (including phenoxy) is 2. The van der Waals surface area contributed by atoms with Gasteiger partial charge in [-0.3, -0.25) is 0 Å². The summed E-state index contributed by atoms with van der Waals surface area (Å²) in [7, 11) is 1.72. The molecule has 3 heteroatoms. The maximum absolute atomic E-state index is 5.66. The Balaban J connectivity index is 2.33. The van der Waals surface area contributed by atoms with Crippen LogP contribution in [0.25, 0.3) is 0 Å². The van der Waals surface area contributed by atoms with Crippen molar-refractivity contribution in [2.45, 2.75) is 64.8 Å². The molecule has 1 fully saturated rings. The summed E-state index contributed by atoms with van der Waals surface area (Å²) in [5.41, 5.74) is 0. The second-order valence-electron chi connectivity index (χ2n) is 6.16. The summed E-state index contributed by atoms with van der Waals surface area (Å²) in [4.78, 5) is 0. The molecular weight excluding hydrogens is 250 g/mol. The Labute approximate surface area is 125 Å². The van der Waals surface area contributed by atoms with Gasteiger partial charge in [-0.1, -0.05) is 33.1 Å². The lowest BCUT2D eigenvalue weighted by Gasteiger charge is -2.35. The highest BCUT2D eigenvalue weighted by Gasteiger charge is 2.27. The summed E-state index contributed by atoms with van der Waals surface area (Å²) in [6.45, 7) is 8.01. The van der Waals surface area contributed by atoms with Gasteiger partial charge in [0.1, 0.15) is 0 Å². The molecular formula is C17H35NO2. The molecule has 3 nitrogen and oxygen atoms in total. The minimum Gasteiger partial charge on any atom is -0.382 e. The van der Waals surface area contributed by atoms with Gasteiger partial charge in [-0.2, -0.15) is 0 Å². The van der Waals surface area contributed by atoms with E-state index in [9.17, 15) is 0 Å². The van der Waals surface area contributed by atoms with E-state index in [0.717, 1.165) is 38.0 Å². The van der Waals surface area contributed by atoms with Crippen molar-refractivity contribution < 1.29 is 9.47 Å². The SMILES string of the molecule is CCCNC(CCOCCOC)C1CCCC(CC)C1. The Kier molecular flexibility index (Phi) is 10.3. The molecule has 1 aliphatic carbocycles. The van der Waals surface area contributed by atoms with E-state index in [-0.39, 0.29) is 0 Å². The van der Waals surface area contributed by atoms with Gasteiger partial charge in [-0.25, -0.2) is 0 Å². The van der Waals surface area contributed by atoms with E-state index in [0.29, 0.717) is 12.6 Å². The molecule has 1 saturated carbocycles. The Hall–Kier alpha value is -0.120. The molecule has 0 aromatic heterocycles. The lowest BCUT2D eigenvalue weighted by Crippen LogP contribution is -2.40. The van der Waals surface area contributed by atoms with Gasteiger partial charge in [0.25, 0.3) is 0 Å². The van der Waals surface area contributed by atoms with E-state index in [1.807, 2.05) is 0 Å². The molecule has 3 unspecified atom stereocenters. The predicted octanol–water partition coefficient (Wildman–Crippen LogP) is 3.62. The van der Waals surface area contributed by atoms with Gasteiger partial charge in [0.05, 0.1) is 13.2 Å². The van der Waals surface area contributed by atoms with E-state index >= 15 is 0 Å². The van der Waals surface area contributed by atoms with Crippen molar-refractivity contribution in [1.29, 1.82) is 0 Å². The minimum absolute atomic E-state index is 0.645. The average Bonchev–Trinajstić information content (AvgIpc) is 2.50. The van der Waals surface area contributed by atoms with Crippen molar-refractivity contribution in [2.75, 3.05) is 33.5 Å². The molecule has 0 bridgehead atoms. The van der Waals surface area contributed by atoms with Crippen LogP contribution in [-0.2, 0) is 9.47 Å². The molecule has 120 valence electrons. The standard InChI is InChI=1S/C17H35NO2/c1-4-10-18-17(9-11-20-13-12-19-3)16-8-6-7-15(5-2)14-16/h15-18H,4-14H2,1-3H3. The molecule has 20 heavy (non-hydrogen) atoms. The van der Waals surface area contributed by atoms with Crippen LogP contribution in [0.15, 0.2) is 0 Å². The highest BCUT2D eigenvalue weighted by Crippen LogP contribution is 2.33. The third kappa shape index (κ3) is 7.05. The fourth-order valence-electron chi connectivity index (χ4n) is 3.36. The van der Waals surface area contributed by atoms with Crippen LogP contribution in [0.2, 0.25) is 0 Å². The summed E-state index contributed by atoms with van der Waals surface area (Å²) in [5.74, 6) is 1.81. The van der Waals surface area contributed by atoms with Gasteiger partial charge < -0.3 is 14.8 Å². The third-order valence-corrected chi connectivity index (χ3v) is 4.63. The zero-order valence-corrected chi connectivity index (χ0v) is 13.8. The summed E-state index contributed by atoms with van der Waals surface area (Å²) < 4.78 is 10.7. The lowest BCUT2D eigenvalue weighted by molar-refractivity contribution is 0.0599. The van der Waals surface area contributed by atoms with Gasteiger partial charge in [0.15, 0.2) is 0 Å². The van der Waals surface area contributed by atoms with E-state index in [4.69, 9.17) is 9.47 Å². The normalized spacial score (nSPS) is 24.8. The van der Waals surface area contributed by atoms with Gasteiger partial charge in [-0.15, -0.1) is 0 Å².